The number of pyridine rings is 1. The number of nitrogens with zero attached hydrogens (tertiary/aromatic N) is 5. The van der Waals surface area contributed by atoms with Gasteiger partial charge in [-0.15, -0.1) is 10.2 Å². The molecule has 0 atom stereocenters. The average molecular weight is 628 g/mol. The van der Waals surface area contributed by atoms with Crippen molar-refractivity contribution in [3.05, 3.63) is 78.1 Å². The largest absolute Gasteiger partial charge is 0.507 e. The highest BCUT2D eigenvalue weighted by atomic mass is 32.2. The second-order valence-corrected chi connectivity index (χ2v) is 11.9. The minimum absolute atomic E-state index is 0.0107. The predicted molar refractivity (Wildman–Crippen MR) is 173 cm³/mol. The van der Waals surface area contributed by atoms with Crippen LogP contribution in [0.4, 0.5) is 0 Å². The summed E-state index contributed by atoms with van der Waals surface area (Å²) >= 11 is 1.47. The van der Waals surface area contributed by atoms with Crippen LogP contribution >= 0.6 is 11.8 Å². The number of benzene rings is 2. The van der Waals surface area contributed by atoms with Crippen molar-refractivity contribution >= 4 is 29.5 Å². The van der Waals surface area contributed by atoms with Crippen LogP contribution in [0.1, 0.15) is 41.6 Å². The number of nitrogens with one attached hydrogen (secondary N) is 2. The molecule has 0 fully saturated rings. The lowest BCUT2D eigenvalue weighted by Crippen LogP contribution is -2.36. The summed E-state index contributed by atoms with van der Waals surface area (Å²) in [6.07, 6.45) is 5.72. The summed E-state index contributed by atoms with van der Waals surface area (Å²) in [5.74, 6) is 1.09. The molecule has 3 heterocycles. The van der Waals surface area contributed by atoms with Crippen LogP contribution < -0.4 is 10.6 Å². The first-order valence-corrected chi connectivity index (χ1v) is 16.0. The maximum Gasteiger partial charge on any atom is 0.251 e. The SMILES string of the molecule is Cn1c(SCCC(=O)N2CCCNC(=O)c3cccc(c3)-c3cc(ccc3O)CCNC(=O)CCC2)nnc1-c1ccncc1. The van der Waals surface area contributed by atoms with Gasteiger partial charge >= 0.3 is 0 Å². The molecule has 45 heavy (non-hydrogen) atoms. The van der Waals surface area contributed by atoms with Crippen LogP contribution in [0.3, 0.4) is 0 Å². The quantitative estimate of drug-likeness (QED) is 0.284. The molecule has 1 aliphatic heterocycles. The molecule has 0 saturated carbocycles. The molecule has 0 unspecified atom stereocenters. The summed E-state index contributed by atoms with van der Waals surface area (Å²) in [4.78, 5) is 44.6. The van der Waals surface area contributed by atoms with Gasteiger partial charge in [0.05, 0.1) is 0 Å². The fourth-order valence-electron chi connectivity index (χ4n) is 5.18. The normalized spacial score (nSPS) is 14.9. The average Bonchev–Trinajstić information content (AvgIpc) is 3.42. The van der Waals surface area contributed by atoms with E-state index >= 15 is 0 Å². The van der Waals surface area contributed by atoms with Gasteiger partial charge in [0, 0.05) is 80.9 Å². The van der Waals surface area contributed by atoms with Crippen LogP contribution in [0.2, 0.25) is 0 Å². The van der Waals surface area contributed by atoms with Crippen molar-refractivity contribution in [3.8, 4) is 28.3 Å². The van der Waals surface area contributed by atoms with E-state index in [0.29, 0.717) is 75.2 Å². The summed E-state index contributed by atoms with van der Waals surface area (Å²) in [6, 6.07) is 16.2. The number of aromatic hydroxyl groups is 1. The Morgan fingerprint density at radius 3 is 2.56 bits per heavy atom. The Kier molecular flexibility index (Phi) is 10.8. The first kappa shape index (κ1) is 31.7. The highest BCUT2D eigenvalue weighted by Gasteiger charge is 2.17. The van der Waals surface area contributed by atoms with E-state index in [1.165, 1.54) is 11.8 Å². The first-order chi connectivity index (χ1) is 21.9. The minimum Gasteiger partial charge on any atom is -0.507 e. The van der Waals surface area contributed by atoms with Crippen molar-refractivity contribution in [1.29, 1.82) is 0 Å². The zero-order valence-corrected chi connectivity index (χ0v) is 26.1. The molecule has 0 saturated heterocycles. The fourth-order valence-corrected chi connectivity index (χ4v) is 6.02. The van der Waals surface area contributed by atoms with Crippen LogP contribution in [0.25, 0.3) is 22.5 Å². The Morgan fingerprint density at radius 1 is 0.911 bits per heavy atom. The van der Waals surface area contributed by atoms with Crippen molar-refractivity contribution in [2.45, 2.75) is 37.3 Å². The Balaban J connectivity index is 1.21. The molecule has 4 aromatic rings. The third kappa shape index (κ3) is 8.48. The maximum absolute atomic E-state index is 13.3. The second-order valence-electron chi connectivity index (χ2n) is 10.8. The van der Waals surface area contributed by atoms with Crippen LogP contribution in [-0.2, 0) is 23.1 Å². The van der Waals surface area contributed by atoms with E-state index in [1.807, 2.05) is 41.9 Å². The van der Waals surface area contributed by atoms with E-state index in [1.54, 1.807) is 41.6 Å². The van der Waals surface area contributed by atoms with E-state index in [2.05, 4.69) is 25.8 Å². The molecule has 5 rings (SSSR count). The summed E-state index contributed by atoms with van der Waals surface area (Å²) in [6.45, 7) is 1.75. The molecule has 0 radical (unpaired) electrons. The highest BCUT2D eigenvalue weighted by Crippen LogP contribution is 2.31. The molecular weight excluding hydrogens is 590 g/mol. The number of amides is 3. The number of hydrogen-bond acceptors (Lipinski definition) is 8. The van der Waals surface area contributed by atoms with E-state index in [-0.39, 0.29) is 23.5 Å². The van der Waals surface area contributed by atoms with Crippen molar-refractivity contribution in [2.24, 2.45) is 7.05 Å². The van der Waals surface area contributed by atoms with Gasteiger partial charge in [-0.05, 0) is 66.8 Å². The Bertz CT molecular complexity index is 1640. The third-order valence-corrected chi connectivity index (χ3v) is 8.65. The standard InChI is InChI=1S/C33H37N7O4S/c1-39-31(24-11-15-34-16-12-24)37-38-33(39)45-20-13-30(43)40-18-3-7-29(42)35-17-10-23-8-9-28(41)27(21-23)25-5-2-6-26(22-25)32(44)36-14-4-19-40/h2,5-6,8-9,11-12,15-16,21-22,41H,3-4,7,10,13-14,17-20H2,1H3,(H,35,42)(H,36,44). The van der Waals surface area contributed by atoms with E-state index < -0.39 is 0 Å². The molecule has 11 nitrogen and oxygen atoms in total. The van der Waals surface area contributed by atoms with Gasteiger partial charge in [-0.3, -0.25) is 19.4 Å². The van der Waals surface area contributed by atoms with E-state index in [0.717, 1.165) is 27.7 Å². The lowest BCUT2D eigenvalue weighted by molar-refractivity contribution is -0.131. The van der Waals surface area contributed by atoms with Gasteiger partial charge in [-0.1, -0.05) is 30.0 Å². The van der Waals surface area contributed by atoms with E-state index in [9.17, 15) is 19.5 Å². The summed E-state index contributed by atoms with van der Waals surface area (Å²) in [5, 5.41) is 25.7. The molecule has 3 N–H and O–H groups in total. The summed E-state index contributed by atoms with van der Waals surface area (Å²) < 4.78 is 1.90. The fraction of sp³-hybridized carbons (Fsp3) is 0.333. The summed E-state index contributed by atoms with van der Waals surface area (Å²) in [5.41, 5.74) is 3.73. The topological polar surface area (TPSA) is 142 Å². The predicted octanol–water partition coefficient (Wildman–Crippen LogP) is 3.83. The number of rotatable bonds is 5. The number of thioether (sulfide) groups is 1. The molecule has 0 spiro atoms. The van der Waals surface area contributed by atoms with Crippen LogP contribution in [0.5, 0.6) is 5.75 Å². The van der Waals surface area contributed by atoms with Crippen LogP contribution in [0, 0.1) is 0 Å². The zero-order chi connectivity index (χ0) is 31.6. The number of hydrogen-bond donors (Lipinski definition) is 3. The maximum atomic E-state index is 13.3. The van der Waals surface area contributed by atoms with Gasteiger partial charge in [-0.2, -0.15) is 0 Å². The number of aromatic nitrogens is 4. The van der Waals surface area contributed by atoms with Crippen molar-refractivity contribution < 1.29 is 19.5 Å². The summed E-state index contributed by atoms with van der Waals surface area (Å²) in [7, 11) is 1.90. The molecule has 234 valence electrons. The molecule has 1 aliphatic rings. The number of carbonyl (C=O) groups is 3. The lowest BCUT2D eigenvalue weighted by Gasteiger charge is -2.23. The molecule has 2 aromatic carbocycles. The number of phenols is 1. The van der Waals surface area contributed by atoms with Gasteiger partial charge < -0.3 is 25.2 Å². The van der Waals surface area contributed by atoms with Crippen molar-refractivity contribution in [1.82, 2.24) is 35.3 Å². The highest BCUT2D eigenvalue weighted by molar-refractivity contribution is 7.99. The van der Waals surface area contributed by atoms with Gasteiger partial charge in [0.15, 0.2) is 11.0 Å². The van der Waals surface area contributed by atoms with Gasteiger partial charge in [-0.25, -0.2) is 0 Å². The Hall–Kier alpha value is -4.71. The third-order valence-electron chi connectivity index (χ3n) is 7.63. The number of fused-ring (bicyclic) bond motifs is 5. The smallest absolute Gasteiger partial charge is 0.251 e. The van der Waals surface area contributed by atoms with Gasteiger partial charge in [0.25, 0.3) is 5.91 Å². The minimum atomic E-state index is -0.218. The monoisotopic (exact) mass is 627 g/mol. The zero-order valence-electron chi connectivity index (χ0n) is 25.2. The molecular formula is C33H37N7O4S. The Morgan fingerprint density at radius 2 is 1.71 bits per heavy atom. The molecule has 2 aromatic heterocycles. The van der Waals surface area contributed by atoms with Crippen LogP contribution in [-0.4, -0.2) is 79.4 Å². The van der Waals surface area contributed by atoms with E-state index in [4.69, 9.17) is 0 Å². The van der Waals surface area contributed by atoms with Gasteiger partial charge in [0.2, 0.25) is 11.8 Å². The number of carbonyl (C=O) groups excluding carboxylic acids is 3. The second kappa shape index (κ2) is 15.3. The lowest BCUT2D eigenvalue weighted by atomic mass is 9.98. The molecule has 0 aliphatic carbocycles. The van der Waals surface area contributed by atoms with Crippen molar-refractivity contribution in [3.63, 3.8) is 0 Å². The molecule has 12 heteroatoms. The van der Waals surface area contributed by atoms with Gasteiger partial charge in [0.1, 0.15) is 5.75 Å². The van der Waals surface area contributed by atoms with Crippen LogP contribution in [0.15, 0.2) is 72.1 Å². The first-order valence-electron chi connectivity index (χ1n) is 15.1. The Labute approximate surface area is 266 Å². The molecule has 4 bridgehead atoms. The number of phenolic OH excluding ortho intramolecular Hbond substituents is 1. The van der Waals surface area contributed by atoms with Crippen molar-refractivity contribution in [2.75, 3.05) is 31.9 Å². The molecule has 3 amide bonds.